The highest BCUT2D eigenvalue weighted by molar-refractivity contribution is 5.79. The van der Waals surface area contributed by atoms with Crippen molar-refractivity contribution in [3.05, 3.63) is 53.6 Å². The second-order valence-corrected chi connectivity index (χ2v) is 11.5. The van der Waals surface area contributed by atoms with Gasteiger partial charge in [0.15, 0.2) is 11.5 Å². The third-order valence-corrected chi connectivity index (χ3v) is 7.81. The molecule has 1 saturated heterocycles. The van der Waals surface area contributed by atoms with Crippen LogP contribution >= 0.6 is 0 Å². The Morgan fingerprint density at radius 2 is 1.59 bits per heavy atom. The average molecular weight is 539 g/mol. The van der Waals surface area contributed by atoms with E-state index in [4.69, 9.17) is 14.2 Å². The van der Waals surface area contributed by atoms with Crippen molar-refractivity contribution in [3.63, 3.8) is 0 Å². The zero-order chi connectivity index (χ0) is 28.1. The number of carboxylic acid groups (broad SMARTS) is 1. The van der Waals surface area contributed by atoms with Gasteiger partial charge in [0, 0.05) is 31.6 Å². The fourth-order valence-corrected chi connectivity index (χ4v) is 5.54. The Labute approximate surface area is 231 Å². The minimum absolute atomic E-state index is 0.0466. The molecule has 0 bridgehead atoms. The highest BCUT2D eigenvalue weighted by atomic mass is 16.7. The van der Waals surface area contributed by atoms with Crippen LogP contribution in [0.4, 0.5) is 0 Å². The number of rotatable bonds is 12. The number of carbonyl (C=O) groups excluding carboxylic acids is 1. The molecule has 1 amide bonds. The molecule has 2 aliphatic heterocycles. The quantitative estimate of drug-likeness (QED) is 0.398. The van der Waals surface area contributed by atoms with Crippen LogP contribution in [0.2, 0.25) is 0 Å². The van der Waals surface area contributed by atoms with Crippen molar-refractivity contribution in [2.24, 2.45) is 17.8 Å². The Hall–Kier alpha value is -3.26. The van der Waals surface area contributed by atoms with Crippen LogP contribution in [0.15, 0.2) is 42.5 Å². The van der Waals surface area contributed by atoms with E-state index in [0.717, 1.165) is 24.0 Å². The zero-order valence-electron chi connectivity index (χ0n) is 23.8. The van der Waals surface area contributed by atoms with Gasteiger partial charge in [-0.3, -0.25) is 14.5 Å². The van der Waals surface area contributed by atoms with Gasteiger partial charge in [-0.1, -0.05) is 45.9 Å². The number of carbonyl (C=O) groups is 2. The topological polar surface area (TPSA) is 88.5 Å². The predicted octanol–water partition coefficient (Wildman–Crippen LogP) is 5.19. The Kier molecular flexibility index (Phi) is 9.38. The molecule has 8 nitrogen and oxygen atoms in total. The molecule has 0 spiro atoms. The van der Waals surface area contributed by atoms with E-state index in [9.17, 15) is 14.7 Å². The number of nitrogens with zero attached hydrogens (tertiary/aromatic N) is 2. The molecule has 4 rings (SSSR count). The number of likely N-dealkylation sites (tertiary alicyclic amines) is 1. The first-order valence-electron chi connectivity index (χ1n) is 14.0. The van der Waals surface area contributed by atoms with Crippen LogP contribution in [0, 0.1) is 17.8 Å². The van der Waals surface area contributed by atoms with E-state index in [1.54, 1.807) is 7.11 Å². The van der Waals surface area contributed by atoms with Gasteiger partial charge in [-0.25, -0.2) is 0 Å². The van der Waals surface area contributed by atoms with E-state index in [-0.39, 0.29) is 25.2 Å². The van der Waals surface area contributed by atoms with Crippen molar-refractivity contribution in [3.8, 4) is 17.2 Å². The lowest BCUT2D eigenvalue weighted by atomic mass is 9.82. The van der Waals surface area contributed by atoms with Crippen molar-refractivity contribution >= 4 is 11.9 Å². The zero-order valence-corrected chi connectivity index (χ0v) is 23.8. The maximum atomic E-state index is 13.8. The molecule has 0 saturated carbocycles. The summed E-state index contributed by atoms with van der Waals surface area (Å²) in [6, 6.07) is 12.7. The highest BCUT2D eigenvalue weighted by Crippen LogP contribution is 2.47. The van der Waals surface area contributed by atoms with Crippen LogP contribution in [0.25, 0.3) is 0 Å². The van der Waals surface area contributed by atoms with Gasteiger partial charge in [0.05, 0.1) is 19.6 Å². The van der Waals surface area contributed by atoms with Crippen LogP contribution < -0.4 is 14.2 Å². The molecule has 3 atom stereocenters. The second kappa shape index (κ2) is 12.7. The molecule has 39 heavy (non-hydrogen) atoms. The summed E-state index contributed by atoms with van der Waals surface area (Å²) in [5.74, 6) is 1.06. The van der Waals surface area contributed by atoms with Crippen molar-refractivity contribution in [2.75, 3.05) is 40.1 Å². The van der Waals surface area contributed by atoms with E-state index in [1.807, 2.05) is 47.4 Å². The Morgan fingerprint density at radius 3 is 2.18 bits per heavy atom. The van der Waals surface area contributed by atoms with Crippen LogP contribution in [0.5, 0.6) is 17.2 Å². The van der Waals surface area contributed by atoms with Gasteiger partial charge in [-0.05, 0) is 60.1 Å². The lowest BCUT2D eigenvalue weighted by molar-refractivity contribution is -0.144. The SMILES string of the molecule is COc1ccc(C2C(C(=O)O)C(c3ccc4c(c3)OCO4)CN2CC(=O)N(CCC(C)C)CCC(C)C)cc1. The number of methoxy groups -OCH3 is 1. The van der Waals surface area contributed by atoms with E-state index in [2.05, 4.69) is 32.6 Å². The van der Waals surface area contributed by atoms with Gasteiger partial charge in [0.25, 0.3) is 0 Å². The van der Waals surface area contributed by atoms with Crippen LogP contribution in [-0.4, -0.2) is 66.9 Å². The summed E-state index contributed by atoms with van der Waals surface area (Å²) >= 11 is 0. The van der Waals surface area contributed by atoms with Crippen LogP contribution in [-0.2, 0) is 9.59 Å². The van der Waals surface area contributed by atoms with Crippen LogP contribution in [0.3, 0.4) is 0 Å². The van der Waals surface area contributed by atoms with E-state index in [0.29, 0.717) is 48.7 Å². The number of fused-ring (bicyclic) bond motifs is 1. The second-order valence-electron chi connectivity index (χ2n) is 11.5. The molecule has 1 N–H and O–H groups in total. The molecule has 2 aromatic carbocycles. The molecule has 0 aromatic heterocycles. The van der Waals surface area contributed by atoms with E-state index >= 15 is 0 Å². The van der Waals surface area contributed by atoms with Gasteiger partial charge in [0.2, 0.25) is 12.7 Å². The summed E-state index contributed by atoms with van der Waals surface area (Å²) in [4.78, 5) is 30.6. The normalized spacial score (nSPS) is 20.5. The monoisotopic (exact) mass is 538 g/mol. The first kappa shape index (κ1) is 28.7. The van der Waals surface area contributed by atoms with Crippen molar-refractivity contribution in [1.82, 2.24) is 9.80 Å². The molecule has 0 aliphatic carbocycles. The standard InChI is InChI=1S/C31H42N2O6/c1-20(2)12-14-32(15-13-21(3)4)28(34)18-33-17-25(23-8-11-26-27(16-23)39-19-38-26)29(31(35)36)30(33)22-6-9-24(37-5)10-7-22/h6-11,16,20-21,25,29-30H,12-15,17-19H2,1-5H3,(H,35,36). The first-order valence-corrected chi connectivity index (χ1v) is 14.0. The number of hydrogen-bond donors (Lipinski definition) is 1. The highest BCUT2D eigenvalue weighted by Gasteiger charge is 2.48. The minimum Gasteiger partial charge on any atom is -0.497 e. The number of benzene rings is 2. The molecule has 0 radical (unpaired) electrons. The lowest BCUT2D eigenvalue weighted by Crippen LogP contribution is -2.42. The predicted molar refractivity (Wildman–Crippen MR) is 149 cm³/mol. The lowest BCUT2D eigenvalue weighted by Gasteiger charge is -2.30. The third-order valence-electron chi connectivity index (χ3n) is 7.81. The van der Waals surface area contributed by atoms with Crippen LogP contribution in [0.1, 0.15) is 63.6 Å². The van der Waals surface area contributed by atoms with E-state index in [1.165, 1.54) is 0 Å². The number of aliphatic carboxylic acids is 1. The number of ether oxygens (including phenoxy) is 3. The number of amides is 1. The smallest absolute Gasteiger partial charge is 0.309 e. The number of hydrogen-bond acceptors (Lipinski definition) is 6. The summed E-state index contributed by atoms with van der Waals surface area (Å²) in [7, 11) is 1.61. The number of carboxylic acids is 1. The third kappa shape index (κ3) is 6.85. The molecule has 1 fully saturated rings. The minimum atomic E-state index is -0.884. The first-order chi connectivity index (χ1) is 18.7. The van der Waals surface area contributed by atoms with Gasteiger partial charge < -0.3 is 24.2 Å². The van der Waals surface area contributed by atoms with Crippen molar-refractivity contribution in [2.45, 2.75) is 52.5 Å². The molecule has 2 heterocycles. The molecular formula is C31H42N2O6. The summed E-state index contributed by atoms with van der Waals surface area (Å²) < 4.78 is 16.4. The fraction of sp³-hybridized carbons (Fsp3) is 0.548. The summed E-state index contributed by atoms with van der Waals surface area (Å²) in [5.41, 5.74) is 1.73. The molecule has 3 unspecified atom stereocenters. The molecular weight excluding hydrogens is 496 g/mol. The van der Waals surface area contributed by atoms with Crippen molar-refractivity contribution < 1.29 is 28.9 Å². The van der Waals surface area contributed by atoms with Gasteiger partial charge >= 0.3 is 5.97 Å². The van der Waals surface area contributed by atoms with Gasteiger partial charge in [0.1, 0.15) is 5.75 Å². The maximum absolute atomic E-state index is 13.8. The van der Waals surface area contributed by atoms with E-state index < -0.39 is 17.9 Å². The fourth-order valence-electron chi connectivity index (χ4n) is 5.54. The average Bonchev–Trinajstić information content (AvgIpc) is 3.52. The molecule has 212 valence electrons. The molecule has 2 aliphatic rings. The largest absolute Gasteiger partial charge is 0.497 e. The maximum Gasteiger partial charge on any atom is 0.309 e. The van der Waals surface area contributed by atoms with Gasteiger partial charge in [-0.15, -0.1) is 0 Å². The van der Waals surface area contributed by atoms with Gasteiger partial charge in [-0.2, -0.15) is 0 Å². The molecule has 8 heteroatoms. The summed E-state index contributed by atoms with van der Waals surface area (Å²) in [6.07, 6.45) is 1.87. The van der Waals surface area contributed by atoms with Crippen molar-refractivity contribution in [1.29, 1.82) is 0 Å². The Balaban J connectivity index is 1.66. The Bertz CT molecular complexity index is 1120. The molecule has 2 aromatic rings. The summed E-state index contributed by atoms with van der Waals surface area (Å²) in [6.45, 7) is 10.8. The summed E-state index contributed by atoms with van der Waals surface area (Å²) in [5, 5.41) is 10.5. The Morgan fingerprint density at radius 1 is 0.974 bits per heavy atom.